The molecule has 0 bridgehead atoms. The molecule has 1 aromatic rings. The van der Waals surface area contributed by atoms with Crippen LogP contribution in [0.2, 0.25) is 0 Å². The Labute approximate surface area is 121 Å². The fraction of sp³-hybridized carbons (Fsp3) is 0.333. The normalized spacial score (nSPS) is 19.6. The van der Waals surface area contributed by atoms with E-state index in [4.69, 9.17) is 9.94 Å². The van der Waals surface area contributed by atoms with Gasteiger partial charge in [0.25, 0.3) is 5.91 Å². The van der Waals surface area contributed by atoms with Crippen molar-refractivity contribution in [3.8, 4) is 5.75 Å². The van der Waals surface area contributed by atoms with Gasteiger partial charge in [0, 0.05) is 18.9 Å². The van der Waals surface area contributed by atoms with E-state index in [0.717, 1.165) is 13.1 Å². The monoisotopic (exact) mass is 288 g/mol. The molecule has 1 aromatic carbocycles. The number of piperidine rings is 1. The Morgan fingerprint density at radius 3 is 2.86 bits per heavy atom. The molecule has 2 aliphatic rings. The number of ether oxygens (including phenoxy) is 1. The van der Waals surface area contributed by atoms with Gasteiger partial charge in [-0.25, -0.2) is 5.48 Å². The summed E-state index contributed by atoms with van der Waals surface area (Å²) in [6, 6.07) is 5.24. The second-order valence-electron chi connectivity index (χ2n) is 5.24. The van der Waals surface area contributed by atoms with Crippen LogP contribution in [0.15, 0.2) is 24.3 Å². The Kier molecular flexibility index (Phi) is 3.48. The van der Waals surface area contributed by atoms with Gasteiger partial charge < -0.3 is 10.1 Å². The lowest BCUT2D eigenvalue weighted by molar-refractivity contribution is -0.124. The number of ketones is 1. The zero-order valence-corrected chi connectivity index (χ0v) is 11.4. The Morgan fingerprint density at radius 1 is 1.38 bits per heavy atom. The Balaban J connectivity index is 1.87. The number of carbonyl (C=O) groups is 2. The van der Waals surface area contributed by atoms with Crippen molar-refractivity contribution in [1.82, 2.24) is 10.8 Å². The highest BCUT2D eigenvalue weighted by atomic mass is 16.5. The number of Topliss-reactive ketones (excluding diaryl/α,β-unsaturated/α-hetero) is 1. The van der Waals surface area contributed by atoms with Gasteiger partial charge in [0.15, 0.2) is 5.60 Å². The van der Waals surface area contributed by atoms with Gasteiger partial charge in [-0.2, -0.15) is 0 Å². The van der Waals surface area contributed by atoms with Crippen molar-refractivity contribution in [2.75, 3.05) is 13.1 Å². The SMILES string of the molecule is O=C(C=Cc1ccc2c(c1)C(=O)C1(CCNCC1)O2)NO. The van der Waals surface area contributed by atoms with Crippen LogP contribution in [0.25, 0.3) is 6.08 Å². The summed E-state index contributed by atoms with van der Waals surface area (Å²) >= 11 is 0. The summed E-state index contributed by atoms with van der Waals surface area (Å²) in [4.78, 5) is 23.6. The molecule has 0 aromatic heterocycles. The molecule has 0 saturated carbocycles. The molecule has 110 valence electrons. The van der Waals surface area contributed by atoms with E-state index in [9.17, 15) is 9.59 Å². The van der Waals surface area contributed by atoms with E-state index >= 15 is 0 Å². The fourth-order valence-electron chi connectivity index (χ4n) is 2.79. The lowest BCUT2D eigenvalue weighted by Crippen LogP contribution is -2.49. The van der Waals surface area contributed by atoms with Gasteiger partial charge in [-0.05, 0) is 36.9 Å². The molecule has 1 saturated heterocycles. The summed E-state index contributed by atoms with van der Waals surface area (Å²) in [6.45, 7) is 1.53. The average Bonchev–Trinajstić information content (AvgIpc) is 2.78. The zero-order valence-electron chi connectivity index (χ0n) is 11.4. The molecule has 0 radical (unpaired) electrons. The van der Waals surface area contributed by atoms with Crippen LogP contribution in [-0.4, -0.2) is 35.6 Å². The molecule has 1 spiro atoms. The maximum absolute atomic E-state index is 12.6. The average molecular weight is 288 g/mol. The maximum atomic E-state index is 12.6. The molecule has 6 nitrogen and oxygen atoms in total. The molecule has 2 heterocycles. The lowest BCUT2D eigenvalue weighted by atomic mass is 9.86. The van der Waals surface area contributed by atoms with Crippen molar-refractivity contribution >= 4 is 17.8 Å². The molecule has 0 unspecified atom stereocenters. The van der Waals surface area contributed by atoms with Crippen molar-refractivity contribution in [1.29, 1.82) is 0 Å². The highest BCUT2D eigenvalue weighted by Crippen LogP contribution is 2.40. The van der Waals surface area contributed by atoms with Gasteiger partial charge in [-0.15, -0.1) is 0 Å². The van der Waals surface area contributed by atoms with E-state index in [1.807, 2.05) is 0 Å². The van der Waals surface area contributed by atoms with Crippen LogP contribution in [-0.2, 0) is 4.79 Å². The molecule has 1 fully saturated rings. The first-order chi connectivity index (χ1) is 10.1. The number of carbonyl (C=O) groups excluding carboxylic acids is 2. The van der Waals surface area contributed by atoms with Gasteiger partial charge in [0.1, 0.15) is 5.75 Å². The van der Waals surface area contributed by atoms with Crippen molar-refractivity contribution in [3.63, 3.8) is 0 Å². The Morgan fingerprint density at radius 2 is 2.14 bits per heavy atom. The van der Waals surface area contributed by atoms with E-state index in [1.54, 1.807) is 18.2 Å². The van der Waals surface area contributed by atoms with Crippen LogP contribution in [0, 0.1) is 0 Å². The molecule has 6 heteroatoms. The van der Waals surface area contributed by atoms with Crippen LogP contribution in [0.3, 0.4) is 0 Å². The Hall–Kier alpha value is -2.18. The highest BCUT2D eigenvalue weighted by Gasteiger charge is 2.48. The van der Waals surface area contributed by atoms with Gasteiger partial charge in [0.05, 0.1) is 5.56 Å². The summed E-state index contributed by atoms with van der Waals surface area (Å²) < 4.78 is 5.92. The molecular weight excluding hydrogens is 272 g/mol. The minimum Gasteiger partial charge on any atom is -0.478 e. The first kappa shape index (κ1) is 13.8. The molecule has 2 aliphatic heterocycles. The number of hydroxylamine groups is 1. The Bertz CT molecular complexity index is 618. The molecular formula is C15H16N2O4. The topological polar surface area (TPSA) is 87.7 Å². The van der Waals surface area contributed by atoms with E-state index in [-0.39, 0.29) is 5.78 Å². The number of amides is 1. The van der Waals surface area contributed by atoms with Gasteiger partial charge >= 0.3 is 0 Å². The molecule has 3 rings (SSSR count). The van der Waals surface area contributed by atoms with E-state index < -0.39 is 11.5 Å². The lowest BCUT2D eigenvalue weighted by Gasteiger charge is -2.31. The van der Waals surface area contributed by atoms with Gasteiger partial charge in [-0.1, -0.05) is 6.07 Å². The highest BCUT2D eigenvalue weighted by molar-refractivity contribution is 6.08. The molecule has 21 heavy (non-hydrogen) atoms. The maximum Gasteiger partial charge on any atom is 0.267 e. The van der Waals surface area contributed by atoms with Crippen molar-refractivity contribution in [2.45, 2.75) is 18.4 Å². The minimum atomic E-state index is -0.724. The molecule has 3 N–H and O–H groups in total. The summed E-state index contributed by atoms with van der Waals surface area (Å²) in [5, 5.41) is 11.7. The third-order valence-electron chi connectivity index (χ3n) is 3.92. The number of rotatable bonds is 2. The second kappa shape index (κ2) is 5.31. The number of benzene rings is 1. The van der Waals surface area contributed by atoms with E-state index in [2.05, 4.69) is 5.32 Å². The van der Waals surface area contributed by atoms with Crippen LogP contribution in [0.4, 0.5) is 0 Å². The summed E-state index contributed by atoms with van der Waals surface area (Å²) in [5.74, 6) is -0.000537. The predicted molar refractivity (Wildman–Crippen MR) is 75.2 cm³/mol. The smallest absolute Gasteiger partial charge is 0.267 e. The second-order valence-corrected chi connectivity index (χ2v) is 5.24. The first-order valence-corrected chi connectivity index (χ1v) is 6.85. The largest absolute Gasteiger partial charge is 0.478 e. The molecule has 0 atom stereocenters. The quantitative estimate of drug-likeness (QED) is 0.427. The zero-order chi connectivity index (χ0) is 14.9. The summed E-state index contributed by atoms with van der Waals surface area (Å²) in [5.41, 5.74) is 2.06. The summed E-state index contributed by atoms with van der Waals surface area (Å²) in [6.07, 6.45) is 4.06. The minimum absolute atomic E-state index is 0.0147. The fourth-order valence-corrected chi connectivity index (χ4v) is 2.79. The van der Waals surface area contributed by atoms with Crippen LogP contribution >= 0.6 is 0 Å². The van der Waals surface area contributed by atoms with Crippen molar-refractivity contribution < 1.29 is 19.5 Å². The van der Waals surface area contributed by atoms with E-state index in [1.165, 1.54) is 17.6 Å². The van der Waals surface area contributed by atoms with Crippen LogP contribution < -0.4 is 15.5 Å². The number of fused-ring (bicyclic) bond motifs is 1. The molecule has 0 aliphatic carbocycles. The summed E-state index contributed by atoms with van der Waals surface area (Å²) in [7, 11) is 0. The molecule has 1 amide bonds. The number of nitrogens with one attached hydrogen (secondary N) is 2. The third-order valence-corrected chi connectivity index (χ3v) is 3.92. The van der Waals surface area contributed by atoms with Crippen molar-refractivity contribution in [2.24, 2.45) is 0 Å². The first-order valence-electron chi connectivity index (χ1n) is 6.85. The van der Waals surface area contributed by atoms with Gasteiger partial charge in [-0.3, -0.25) is 14.8 Å². The van der Waals surface area contributed by atoms with Gasteiger partial charge in [0.2, 0.25) is 5.78 Å². The number of hydrogen-bond acceptors (Lipinski definition) is 5. The van der Waals surface area contributed by atoms with Crippen LogP contribution in [0.1, 0.15) is 28.8 Å². The predicted octanol–water partition coefficient (Wildman–Crippen LogP) is 0.902. The van der Waals surface area contributed by atoms with Crippen LogP contribution in [0.5, 0.6) is 5.75 Å². The third kappa shape index (κ3) is 2.43. The van der Waals surface area contributed by atoms with E-state index in [0.29, 0.717) is 29.7 Å². The standard InChI is InChI=1S/C15H16N2O4/c18-13(17-20)4-2-10-1-3-12-11(9-10)14(19)15(21-12)5-7-16-8-6-15/h1-4,9,16,20H,5-8H2,(H,17,18). The number of hydrogen-bond donors (Lipinski definition) is 3. The van der Waals surface area contributed by atoms with Crippen molar-refractivity contribution in [3.05, 3.63) is 35.4 Å².